The molecule has 1 aliphatic rings. The molecule has 1 heterocycles. The molecule has 0 spiro atoms. The number of benzene rings is 1. The zero-order chi connectivity index (χ0) is 15.2. The highest BCUT2D eigenvalue weighted by Crippen LogP contribution is 2.28. The first-order valence-electron chi connectivity index (χ1n) is 7.39. The van der Waals surface area contributed by atoms with Gasteiger partial charge in [-0.05, 0) is 30.5 Å². The van der Waals surface area contributed by atoms with Crippen LogP contribution in [0.15, 0.2) is 18.2 Å². The highest BCUT2D eigenvalue weighted by molar-refractivity contribution is 5.95. The van der Waals surface area contributed by atoms with E-state index in [4.69, 9.17) is 4.74 Å². The van der Waals surface area contributed by atoms with E-state index in [2.05, 4.69) is 12.2 Å². The van der Waals surface area contributed by atoms with Crippen LogP contribution in [0, 0.1) is 0 Å². The Morgan fingerprint density at radius 1 is 1.43 bits per heavy atom. The van der Waals surface area contributed by atoms with Crippen molar-refractivity contribution < 1.29 is 14.3 Å². The minimum absolute atomic E-state index is 0.0626. The molecule has 0 atom stereocenters. The average molecular weight is 290 g/mol. The van der Waals surface area contributed by atoms with Crippen LogP contribution in [0.3, 0.4) is 0 Å². The fraction of sp³-hybridized carbons (Fsp3) is 0.500. The van der Waals surface area contributed by atoms with Crippen molar-refractivity contribution in [2.24, 2.45) is 0 Å². The lowest BCUT2D eigenvalue weighted by Crippen LogP contribution is -2.28. The van der Waals surface area contributed by atoms with Crippen LogP contribution in [0.2, 0.25) is 0 Å². The van der Waals surface area contributed by atoms with Crippen LogP contribution in [-0.4, -0.2) is 36.9 Å². The Kier molecular flexibility index (Phi) is 5.20. The van der Waals surface area contributed by atoms with Crippen LogP contribution >= 0.6 is 0 Å². The van der Waals surface area contributed by atoms with Gasteiger partial charge in [0.05, 0.1) is 5.69 Å². The predicted octanol–water partition coefficient (Wildman–Crippen LogP) is 2.21. The number of ether oxygens (including phenoxy) is 1. The van der Waals surface area contributed by atoms with Crippen molar-refractivity contribution in [1.82, 2.24) is 4.90 Å². The van der Waals surface area contributed by atoms with Crippen LogP contribution < -0.4 is 10.1 Å². The van der Waals surface area contributed by atoms with Gasteiger partial charge in [0.2, 0.25) is 5.91 Å². The topological polar surface area (TPSA) is 58.6 Å². The monoisotopic (exact) mass is 290 g/mol. The maximum absolute atomic E-state index is 12.0. The van der Waals surface area contributed by atoms with E-state index in [1.54, 1.807) is 4.90 Å². The number of fused-ring (bicyclic) bond motifs is 1. The zero-order valence-corrected chi connectivity index (χ0v) is 12.6. The van der Waals surface area contributed by atoms with Crippen LogP contribution in [0.5, 0.6) is 5.75 Å². The average Bonchev–Trinajstić information content (AvgIpc) is 2.49. The molecule has 5 heteroatoms. The normalized spacial score (nSPS) is 13.1. The standard InChI is InChI=1S/C16H22N2O3/c1-3-4-9-18(2)16(20)8-6-12-5-7-14-13(10-12)17-15(19)11-21-14/h5,7,10H,3-4,6,8-9,11H2,1-2H3,(H,17,19). The third-order valence-corrected chi connectivity index (χ3v) is 3.58. The molecule has 1 aliphatic heterocycles. The molecule has 0 aromatic heterocycles. The van der Waals surface area contributed by atoms with Crippen molar-refractivity contribution in [3.05, 3.63) is 23.8 Å². The number of hydrogen-bond donors (Lipinski definition) is 1. The first-order chi connectivity index (χ1) is 10.1. The molecule has 2 rings (SSSR count). The van der Waals surface area contributed by atoms with Gasteiger partial charge in [-0.15, -0.1) is 0 Å². The Hall–Kier alpha value is -2.04. The van der Waals surface area contributed by atoms with Crippen LogP contribution in [0.4, 0.5) is 5.69 Å². The molecular formula is C16H22N2O3. The molecule has 0 aliphatic carbocycles. The third kappa shape index (κ3) is 4.21. The van der Waals surface area contributed by atoms with Gasteiger partial charge in [0.15, 0.2) is 6.61 Å². The number of rotatable bonds is 6. The fourth-order valence-corrected chi connectivity index (χ4v) is 2.25. The predicted molar refractivity (Wildman–Crippen MR) is 81.4 cm³/mol. The molecule has 2 amide bonds. The first kappa shape index (κ1) is 15.4. The zero-order valence-electron chi connectivity index (χ0n) is 12.6. The molecule has 0 saturated carbocycles. The van der Waals surface area contributed by atoms with E-state index in [1.807, 2.05) is 25.2 Å². The van der Waals surface area contributed by atoms with E-state index in [0.29, 0.717) is 24.3 Å². The number of nitrogens with one attached hydrogen (secondary N) is 1. The summed E-state index contributed by atoms with van der Waals surface area (Å²) in [5.74, 6) is 0.696. The first-order valence-corrected chi connectivity index (χ1v) is 7.39. The van der Waals surface area contributed by atoms with Crippen molar-refractivity contribution in [2.75, 3.05) is 25.5 Å². The molecule has 1 N–H and O–H groups in total. The molecule has 1 aromatic carbocycles. The Morgan fingerprint density at radius 2 is 2.24 bits per heavy atom. The summed E-state index contributed by atoms with van der Waals surface area (Å²) in [6, 6.07) is 5.66. The number of nitrogens with zero attached hydrogens (tertiary/aromatic N) is 1. The number of aryl methyl sites for hydroxylation is 1. The summed E-state index contributed by atoms with van der Waals surface area (Å²) in [7, 11) is 1.85. The van der Waals surface area contributed by atoms with E-state index >= 15 is 0 Å². The van der Waals surface area contributed by atoms with Gasteiger partial charge in [-0.3, -0.25) is 9.59 Å². The molecule has 0 bridgehead atoms. The van der Waals surface area contributed by atoms with Crippen molar-refractivity contribution in [3.8, 4) is 5.75 Å². The summed E-state index contributed by atoms with van der Waals surface area (Å²) >= 11 is 0. The summed E-state index contributed by atoms with van der Waals surface area (Å²) in [5.41, 5.74) is 1.72. The van der Waals surface area contributed by atoms with Crippen molar-refractivity contribution >= 4 is 17.5 Å². The summed E-state index contributed by atoms with van der Waals surface area (Å²) in [6.45, 7) is 2.98. The third-order valence-electron chi connectivity index (χ3n) is 3.58. The van der Waals surface area contributed by atoms with E-state index in [9.17, 15) is 9.59 Å². The minimum Gasteiger partial charge on any atom is -0.482 e. The van der Waals surface area contributed by atoms with E-state index in [1.165, 1.54) is 0 Å². The van der Waals surface area contributed by atoms with Crippen LogP contribution in [-0.2, 0) is 16.0 Å². The molecule has 0 unspecified atom stereocenters. The van der Waals surface area contributed by atoms with Gasteiger partial charge in [-0.25, -0.2) is 0 Å². The SMILES string of the molecule is CCCCN(C)C(=O)CCc1ccc2c(c1)NC(=O)CO2. The maximum atomic E-state index is 12.0. The molecule has 0 saturated heterocycles. The van der Waals surface area contributed by atoms with Gasteiger partial charge in [0.1, 0.15) is 5.75 Å². The second-order valence-corrected chi connectivity index (χ2v) is 5.34. The molecule has 21 heavy (non-hydrogen) atoms. The Balaban J connectivity index is 1.90. The minimum atomic E-state index is -0.143. The van der Waals surface area contributed by atoms with E-state index in [0.717, 1.165) is 24.9 Å². The quantitative estimate of drug-likeness (QED) is 0.874. The summed E-state index contributed by atoms with van der Waals surface area (Å²) in [5, 5.41) is 2.78. The smallest absolute Gasteiger partial charge is 0.262 e. The van der Waals surface area contributed by atoms with Gasteiger partial charge >= 0.3 is 0 Å². The van der Waals surface area contributed by atoms with Crippen molar-refractivity contribution in [1.29, 1.82) is 0 Å². The second-order valence-electron chi connectivity index (χ2n) is 5.34. The van der Waals surface area contributed by atoms with Crippen molar-refractivity contribution in [2.45, 2.75) is 32.6 Å². The number of hydrogen-bond acceptors (Lipinski definition) is 3. The van der Waals surface area contributed by atoms with E-state index in [-0.39, 0.29) is 18.4 Å². The molecule has 0 fully saturated rings. The lowest BCUT2D eigenvalue weighted by Gasteiger charge is -2.19. The lowest BCUT2D eigenvalue weighted by atomic mass is 10.1. The number of anilines is 1. The number of amides is 2. The lowest BCUT2D eigenvalue weighted by molar-refractivity contribution is -0.129. The second kappa shape index (κ2) is 7.11. The molecule has 114 valence electrons. The Bertz CT molecular complexity index is 528. The molecule has 0 radical (unpaired) electrons. The fourth-order valence-electron chi connectivity index (χ4n) is 2.25. The highest BCUT2D eigenvalue weighted by Gasteiger charge is 2.16. The number of carbonyl (C=O) groups excluding carboxylic acids is 2. The summed E-state index contributed by atoms with van der Waals surface area (Å²) in [6.07, 6.45) is 3.26. The molecule has 5 nitrogen and oxygen atoms in total. The molecule has 1 aromatic rings. The summed E-state index contributed by atoms with van der Waals surface area (Å²) < 4.78 is 5.31. The Morgan fingerprint density at radius 3 is 3.00 bits per heavy atom. The van der Waals surface area contributed by atoms with Crippen molar-refractivity contribution in [3.63, 3.8) is 0 Å². The highest BCUT2D eigenvalue weighted by atomic mass is 16.5. The van der Waals surface area contributed by atoms with Gasteiger partial charge in [-0.2, -0.15) is 0 Å². The van der Waals surface area contributed by atoms with Gasteiger partial charge in [-0.1, -0.05) is 19.4 Å². The Labute approximate surface area is 125 Å². The number of unbranched alkanes of at least 4 members (excludes halogenated alkanes) is 1. The largest absolute Gasteiger partial charge is 0.482 e. The molecular weight excluding hydrogens is 268 g/mol. The maximum Gasteiger partial charge on any atom is 0.262 e. The van der Waals surface area contributed by atoms with E-state index < -0.39 is 0 Å². The summed E-state index contributed by atoms with van der Waals surface area (Å²) in [4.78, 5) is 25.1. The van der Waals surface area contributed by atoms with Crippen LogP contribution in [0.1, 0.15) is 31.7 Å². The van der Waals surface area contributed by atoms with Crippen LogP contribution in [0.25, 0.3) is 0 Å². The van der Waals surface area contributed by atoms with Gasteiger partial charge in [0.25, 0.3) is 5.91 Å². The van der Waals surface area contributed by atoms with Gasteiger partial charge < -0.3 is 15.0 Å². The number of carbonyl (C=O) groups is 2. The van der Waals surface area contributed by atoms with Gasteiger partial charge in [0, 0.05) is 20.0 Å².